The van der Waals surface area contributed by atoms with Crippen LogP contribution in [-0.2, 0) is 10.3 Å². The van der Waals surface area contributed by atoms with E-state index in [1.165, 1.54) is 11.3 Å². The molecular formula is C13H13N3O2S. The normalized spacial score (nSPS) is 23.2. The summed E-state index contributed by atoms with van der Waals surface area (Å²) in [6, 6.07) is 5.68. The molecule has 1 aliphatic rings. The first-order valence-electron chi connectivity index (χ1n) is 6.20. The summed E-state index contributed by atoms with van der Waals surface area (Å²) in [4.78, 5) is 5.87. The quantitative estimate of drug-likeness (QED) is 0.842. The number of hydrogen-bond donors (Lipinski definition) is 0. The molecule has 0 aromatic carbocycles. The molecule has 0 N–H and O–H groups in total. The Hall–Kier alpha value is -1.71. The molecule has 19 heavy (non-hydrogen) atoms. The molecule has 1 unspecified atom stereocenters. The lowest BCUT2D eigenvalue weighted by molar-refractivity contribution is -0.0770. The summed E-state index contributed by atoms with van der Waals surface area (Å²) < 4.78 is 11.1. The summed E-state index contributed by atoms with van der Waals surface area (Å²) in [6.45, 7) is 2.73. The van der Waals surface area contributed by atoms with Crippen molar-refractivity contribution in [1.29, 1.82) is 5.26 Å². The standard InChI is InChI=1S/C13H13N3O2S/c1-13(6-2-3-7-17-13)12-15-11(18-16-12)10-5-4-9(8-14)19-10/h4-5H,2-3,6-7H2,1H3. The first-order chi connectivity index (χ1) is 9.21. The smallest absolute Gasteiger partial charge is 0.268 e. The van der Waals surface area contributed by atoms with E-state index in [0.29, 0.717) is 16.6 Å². The summed E-state index contributed by atoms with van der Waals surface area (Å²) >= 11 is 1.35. The lowest BCUT2D eigenvalue weighted by Gasteiger charge is -2.30. The Balaban J connectivity index is 1.88. The van der Waals surface area contributed by atoms with Gasteiger partial charge in [0.15, 0.2) is 0 Å². The maximum atomic E-state index is 8.82. The van der Waals surface area contributed by atoms with Gasteiger partial charge in [0.05, 0.1) is 4.88 Å². The van der Waals surface area contributed by atoms with Crippen molar-refractivity contribution in [2.24, 2.45) is 0 Å². The first kappa shape index (κ1) is 12.3. The van der Waals surface area contributed by atoms with Gasteiger partial charge in [0.1, 0.15) is 16.5 Å². The molecule has 2 aromatic rings. The van der Waals surface area contributed by atoms with E-state index in [1.807, 2.05) is 13.0 Å². The van der Waals surface area contributed by atoms with Crippen LogP contribution < -0.4 is 0 Å². The summed E-state index contributed by atoms with van der Waals surface area (Å²) in [5.41, 5.74) is -0.449. The summed E-state index contributed by atoms with van der Waals surface area (Å²) in [6.07, 6.45) is 3.09. The van der Waals surface area contributed by atoms with Gasteiger partial charge in [-0.3, -0.25) is 0 Å². The third kappa shape index (κ3) is 2.27. The monoisotopic (exact) mass is 275 g/mol. The SMILES string of the molecule is CC1(c2noc(-c3ccc(C#N)s3)n2)CCCCO1. The zero-order valence-electron chi connectivity index (χ0n) is 10.5. The summed E-state index contributed by atoms with van der Waals surface area (Å²) in [5.74, 6) is 1.05. The van der Waals surface area contributed by atoms with Crippen molar-refractivity contribution in [3.05, 3.63) is 22.8 Å². The Kier molecular flexibility index (Phi) is 3.09. The molecule has 1 atom stereocenters. The molecule has 98 valence electrons. The molecule has 2 aromatic heterocycles. The predicted molar refractivity (Wildman–Crippen MR) is 69.5 cm³/mol. The van der Waals surface area contributed by atoms with E-state index in [4.69, 9.17) is 14.5 Å². The van der Waals surface area contributed by atoms with Gasteiger partial charge in [-0.15, -0.1) is 11.3 Å². The maximum absolute atomic E-state index is 8.82. The second-order valence-corrected chi connectivity index (χ2v) is 5.82. The highest BCUT2D eigenvalue weighted by Gasteiger charge is 2.35. The molecule has 0 bridgehead atoms. The van der Waals surface area contributed by atoms with Gasteiger partial charge in [-0.05, 0) is 38.3 Å². The number of thiophene rings is 1. The molecule has 0 aliphatic carbocycles. The molecule has 1 fully saturated rings. The minimum atomic E-state index is -0.449. The number of nitrogens with zero attached hydrogens (tertiary/aromatic N) is 3. The van der Waals surface area contributed by atoms with E-state index < -0.39 is 5.60 Å². The minimum Gasteiger partial charge on any atom is -0.367 e. The molecule has 3 heterocycles. The van der Waals surface area contributed by atoms with Crippen LogP contribution >= 0.6 is 11.3 Å². The van der Waals surface area contributed by atoms with Gasteiger partial charge in [0.25, 0.3) is 5.89 Å². The molecule has 1 aliphatic heterocycles. The van der Waals surface area contributed by atoms with Crippen LogP contribution in [0.15, 0.2) is 16.7 Å². The van der Waals surface area contributed by atoms with Crippen LogP contribution in [0.3, 0.4) is 0 Å². The van der Waals surface area contributed by atoms with E-state index in [9.17, 15) is 0 Å². The molecule has 0 saturated carbocycles. The third-order valence-corrected chi connectivity index (χ3v) is 4.27. The van der Waals surface area contributed by atoms with Gasteiger partial charge < -0.3 is 9.26 Å². The number of aromatic nitrogens is 2. The van der Waals surface area contributed by atoms with Crippen LogP contribution in [0.25, 0.3) is 10.8 Å². The zero-order chi connectivity index (χ0) is 13.3. The van der Waals surface area contributed by atoms with Crippen molar-refractivity contribution in [3.63, 3.8) is 0 Å². The Bertz CT molecular complexity index is 620. The van der Waals surface area contributed by atoms with Crippen LogP contribution in [0.2, 0.25) is 0 Å². The Morgan fingerprint density at radius 2 is 2.32 bits per heavy atom. The van der Waals surface area contributed by atoms with Gasteiger partial charge in [0.2, 0.25) is 5.82 Å². The number of rotatable bonds is 2. The van der Waals surface area contributed by atoms with E-state index in [0.717, 1.165) is 30.7 Å². The molecule has 0 spiro atoms. The second kappa shape index (κ2) is 4.76. The number of ether oxygens (including phenoxy) is 1. The van der Waals surface area contributed by atoms with E-state index in [2.05, 4.69) is 16.2 Å². The lowest BCUT2D eigenvalue weighted by Crippen LogP contribution is -2.31. The average molecular weight is 275 g/mol. The van der Waals surface area contributed by atoms with Crippen molar-refractivity contribution >= 4 is 11.3 Å². The largest absolute Gasteiger partial charge is 0.367 e. The number of nitriles is 1. The van der Waals surface area contributed by atoms with E-state index in [-0.39, 0.29) is 0 Å². The lowest BCUT2D eigenvalue weighted by atomic mass is 9.95. The summed E-state index contributed by atoms with van der Waals surface area (Å²) in [5, 5.41) is 12.9. The highest BCUT2D eigenvalue weighted by atomic mass is 32.1. The Morgan fingerprint density at radius 1 is 1.42 bits per heavy atom. The van der Waals surface area contributed by atoms with E-state index >= 15 is 0 Å². The van der Waals surface area contributed by atoms with Gasteiger partial charge in [-0.25, -0.2) is 0 Å². The Labute approximate surface area is 114 Å². The minimum absolute atomic E-state index is 0.449. The Morgan fingerprint density at radius 3 is 3.00 bits per heavy atom. The molecular weight excluding hydrogens is 262 g/mol. The fraction of sp³-hybridized carbons (Fsp3) is 0.462. The molecule has 1 saturated heterocycles. The maximum Gasteiger partial charge on any atom is 0.268 e. The molecule has 5 nitrogen and oxygen atoms in total. The van der Waals surface area contributed by atoms with Gasteiger partial charge in [-0.1, -0.05) is 5.16 Å². The summed E-state index contributed by atoms with van der Waals surface area (Å²) in [7, 11) is 0. The van der Waals surface area contributed by atoms with Crippen LogP contribution in [0.4, 0.5) is 0 Å². The van der Waals surface area contributed by atoms with Crippen molar-refractivity contribution < 1.29 is 9.26 Å². The predicted octanol–water partition coefficient (Wildman–Crippen LogP) is 3.09. The number of hydrogen-bond acceptors (Lipinski definition) is 6. The van der Waals surface area contributed by atoms with E-state index in [1.54, 1.807) is 6.07 Å². The van der Waals surface area contributed by atoms with Crippen molar-refractivity contribution in [3.8, 4) is 16.8 Å². The second-order valence-electron chi connectivity index (χ2n) is 4.74. The van der Waals surface area contributed by atoms with Crippen molar-refractivity contribution in [2.75, 3.05) is 6.61 Å². The molecule has 6 heteroatoms. The van der Waals surface area contributed by atoms with Crippen molar-refractivity contribution in [1.82, 2.24) is 10.1 Å². The van der Waals surface area contributed by atoms with Crippen LogP contribution in [0.5, 0.6) is 0 Å². The van der Waals surface area contributed by atoms with Gasteiger partial charge in [-0.2, -0.15) is 10.2 Å². The van der Waals surface area contributed by atoms with Gasteiger partial charge >= 0.3 is 0 Å². The fourth-order valence-electron chi connectivity index (χ4n) is 2.16. The first-order valence-corrected chi connectivity index (χ1v) is 7.01. The highest BCUT2D eigenvalue weighted by molar-refractivity contribution is 7.15. The molecule has 0 amide bonds. The van der Waals surface area contributed by atoms with Crippen LogP contribution in [0.1, 0.15) is 36.9 Å². The molecule has 3 rings (SSSR count). The van der Waals surface area contributed by atoms with Crippen LogP contribution in [-0.4, -0.2) is 16.7 Å². The fourth-order valence-corrected chi connectivity index (χ4v) is 2.89. The third-order valence-electron chi connectivity index (χ3n) is 3.29. The van der Waals surface area contributed by atoms with Gasteiger partial charge in [0, 0.05) is 6.61 Å². The van der Waals surface area contributed by atoms with Crippen molar-refractivity contribution in [2.45, 2.75) is 31.8 Å². The highest BCUT2D eigenvalue weighted by Crippen LogP contribution is 2.34. The zero-order valence-corrected chi connectivity index (χ0v) is 11.4. The average Bonchev–Trinajstić information content (AvgIpc) is 3.08. The molecule has 0 radical (unpaired) electrons. The topological polar surface area (TPSA) is 71.9 Å². The van der Waals surface area contributed by atoms with Crippen LogP contribution in [0, 0.1) is 11.3 Å².